The quantitative estimate of drug-likeness (QED) is 0.457. The van der Waals surface area contributed by atoms with Gasteiger partial charge in [0.1, 0.15) is 0 Å². The summed E-state index contributed by atoms with van der Waals surface area (Å²) >= 11 is 0. The molecular formula is C27H26N4O5S. The Kier molecular flexibility index (Phi) is 8.05. The third-order valence-corrected chi connectivity index (χ3v) is 7.55. The molecule has 3 aromatic rings. The highest BCUT2D eigenvalue weighted by Gasteiger charge is 2.28. The highest BCUT2D eigenvalue weighted by atomic mass is 32.2. The standard InChI is InChI=1S/C27H26N4O5S/c28-19-21-15-17-30(18-16-21)26(32)20-29-27(33)22-11-13-25(14-12-22)37(34,35)31(23-7-3-1-4-8-23)36-24-9-5-2-6-10-24/h1-14,21H,15-18,20H2,(H,29,33). The molecule has 1 fully saturated rings. The van der Waals surface area contributed by atoms with Crippen LogP contribution >= 0.6 is 0 Å². The third-order valence-electron chi connectivity index (χ3n) is 5.96. The van der Waals surface area contributed by atoms with Gasteiger partial charge in [-0.05, 0) is 61.4 Å². The summed E-state index contributed by atoms with van der Waals surface area (Å²) in [5, 5.41) is 11.6. The van der Waals surface area contributed by atoms with E-state index in [2.05, 4.69) is 11.4 Å². The van der Waals surface area contributed by atoms with Crippen molar-refractivity contribution < 1.29 is 22.8 Å². The van der Waals surface area contributed by atoms with Gasteiger partial charge in [0.2, 0.25) is 5.91 Å². The number of hydrogen-bond acceptors (Lipinski definition) is 6. The molecule has 4 rings (SSSR count). The summed E-state index contributed by atoms with van der Waals surface area (Å²) < 4.78 is 27.8. The lowest BCUT2D eigenvalue weighted by Gasteiger charge is -2.29. The van der Waals surface area contributed by atoms with Crippen LogP contribution in [0.25, 0.3) is 0 Å². The molecule has 0 spiro atoms. The first kappa shape index (κ1) is 25.7. The molecule has 3 aromatic carbocycles. The van der Waals surface area contributed by atoms with Crippen molar-refractivity contribution >= 4 is 27.5 Å². The average molecular weight is 519 g/mol. The van der Waals surface area contributed by atoms with Crippen LogP contribution in [0.2, 0.25) is 0 Å². The molecule has 2 amide bonds. The number of carbonyl (C=O) groups is 2. The van der Waals surface area contributed by atoms with Crippen molar-refractivity contribution in [2.24, 2.45) is 5.92 Å². The summed E-state index contributed by atoms with van der Waals surface area (Å²) in [7, 11) is -4.15. The lowest BCUT2D eigenvalue weighted by molar-refractivity contribution is -0.131. The van der Waals surface area contributed by atoms with Crippen molar-refractivity contribution in [3.63, 3.8) is 0 Å². The number of rotatable bonds is 8. The number of anilines is 1. The lowest BCUT2D eigenvalue weighted by Crippen LogP contribution is -2.44. The maximum atomic E-state index is 13.5. The predicted octanol–water partition coefficient (Wildman–Crippen LogP) is 3.37. The van der Waals surface area contributed by atoms with E-state index in [0.717, 1.165) is 4.47 Å². The highest BCUT2D eigenvalue weighted by Crippen LogP contribution is 2.26. The molecule has 0 bridgehead atoms. The Morgan fingerprint density at radius 3 is 2.14 bits per heavy atom. The fourth-order valence-electron chi connectivity index (χ4n) is 3.87. The zero-order chi connectivity index (χ0) is 26.3. The Morgan fingerprint density at radius 2 is 1.54 bits per heavy atom. The number of nitrogens with zero attached hydrogens (tertiary/aromatic N) is 3. The molecule has 0 saturated carbocycles. The van der Waals surface area contributed by atoms with Crippen LogP contribution in [0.1, 0.15) is 23.2 Å². The molecule has 10 heteroatoms. The highest BCUT2D eigenvalue weighted by molar-refractivity contribution is 7.92. The zero-order valence-corrected chi connectivity index (χ0v) is 20.8. The Balaban J connectivity index is 1.44. The van der Waals surface area contributed by atoms with Gasteiger partial charge in [-0.1, -0.05) is 40.9 Å². The van der Waals surface area contributed by atoms with Crippen molar-refractivity contribution in [2.75, 3.05) is 24.1 Å². The minimum Gasteiger partial charge on any atom is -0.364 e. The number of hydrogen-bond donors (Lipinski definition) is 1. The SMILES string of the molecule is N#CC1CCN(C(=O)CNC(=O)c2ccc(S(=O)(=O)N(Oc3ccccc3)c3ccccc3)cc2)CC1. The van der Waals surface area contributed by atoms with Crippen LogP contribution in [-0.4, -0.2) is 44.8 Å². The molecule has 0 aliphatic carbocycles. The van der Waals surface area contributed by atoms with Gasteiger partial charge < -0.3 is 15.1 Å². The fourth-order valence-corrected chi connectivity index (χ4v) is 5.12. The molecule has 0 unspecified atom stereocenters. The number of nitrogens with one attached hydrogen (secondary N) is 1. The Labute approximate surface area is 215 Å². The van der Waals surface area contributed by atoms with E-state index in [0.29, 0.717) is 37.4 Å². The normalized spacial score (nSPS) is 13.9. The van der Waals surface area contributed by atoms with E-state index in [4.69, 9.17) is 10.1 Å². The third kappa shape index (κ3) is 6.26. The maximum absolute atomic E-state index is 13.5. The smallest absolute Gasteiger partial charge is 0.295 e. The maximum Gasteiger partial charge on any atom is 0.295 e. The number of para-hydroxylation sites is 2. The monoisotopic (exact) mass is 518 g/mol. The summed E-state index contributed by atoms with van der Waals surface area (Å²) in [6, 6.07) is 24.6. The van der Waals surface area contributed by atoms with Crippen molar-refractivity contribution in [2.45, 2.75) is 17.7 Å². The van der Waals surface area contributed by atoms with Crippen LogP contribution in [0.3, 0.4) is 0 Å². The van der Waals surface area contributed by atoms with Gasteiger partial charge in [0.25, 0.3) is 15.9 Å². The van der Waals surface area contributed by atoms with Gasteiger partial charge in [0.15, 0.2) is 5.75 Å². The van der Waals surface area contributed by atoms with Gasteiger partial charge in [-0.2, -0.15) is 13.7 Å². The molecule has 1 N–H and O–H groups in total. The number of piperidine rings is 1. The minimum atomic E-state index is -4.15. The van der Waals surface area contributed by atoms with Crippen LogP contribution < -0.4 is 14.6 Å². The van der Waals surface area contributed by atoms with Gasteiger partial charge in [0.05, 0.1) is 23.2 Å². The predicted molar refractivity (Wildman–Crippen MR) is 137 cm³/mol. The molecular weight excluding hydrogens is 492 g/mol. The Bertz CT molecular complexity index is 1370. The number of carbonyl (C=O) groups excluding carboxylic acids is 2. The molecule has 1 aliphatic rings. The summed E-state index contributed by atoms with van der Waals surface area (Å²) in [5.41, 5.74) is 0.524. The second-order valence-electron chi connectivity index (χ2n) is 8.46. The summed E-state index contributed by atoms with van der Waals surface area (Å²) in [4.78, 5) is 32.3. The van der Waals surface area contributed by atoms with E-state index in [9.17, 15) is 18.0 Å². The van der Waals surface area contributed by atoms with E-state index in [1.54, 1.807) is 65.6 Å². The van der Waals surface area contributed by atoms with Crippen LogP contribution in [0.5, 0.6) is 5.75 Å². The summed E-state index contributed by atoms with van der Waals surface area (Å²) in [6.07, 6.45) is 1.25. The molecule has 1 saturated heterocycles. The summed E-state index contributed by atoms with van der Waals surface area (Å²) in [5.74, 6) is -0.415. The van der Waals surface area contributed by atoms with E-state index in [-0.39, 0.29) is 28.8 Å². The van der Waals surface area contributed by atoms with Gasteiger partial charge >= 0.3 is 0 Å². The zero-order valence-electron chi connectivity index (χ0n) is 20.0. The molecule has 190 valence electrons. The van der Waals surface area contributed by atoms with Crippen LogP contribution in [0.15, 0.2) is 89.8 Å². The van der Waals surface area contributed by atoms with Crippen LogP contribution in [-0.2, 0) is 14.8 Å². The van der Waals surface area contributed by atoms with Gasteiger partial charge in [-0.15, -0.1) is 0 Å². The van der Waals surface area contributed by atoms with E-state index >= 15 is 0 Å². The van der Waals surface area contributed by atoms with Gasteiger partial charge in [0, 0.05) is 24.6 Å². The van der Waals surface area contributed by atoms with E-state index in [1.165, 1.54) is 24.3 Å². The molecule has 9 nitrogen and oxygen atoms in total. The first-order valence-electron chi connectivity index (χ1n) is 11.8. The number of sulfonamides is 1. The molecule has 37 heavy (non-hydrogen) atoms. The van der Waals surface area contributed by atoms with Crippen LogP contribution in [0.4, 0.5) is 5.69 Å². The van der Waals surface area contributed by atoms with Crippen molar-refractivity contribution in [1.29, 1.82) is 5.26 Å². The number of nitriles is 1. The Morgan fingerprint density at radius 1 is 0.946 bits per heavy atom. The van der Waals surface area contributed by atoms with E-state index in [1.807, 2.05) is 0 Å². The molecule has 0 atom stereocenters. The summed E-state index contributed by atoms with van der Waals surface area (Å²) in [6.45, 7) is 0.799. The van der Waals surface area contributed by atoms with Crippen molar-refractivity contribution in [3.05, 3.63) is 90.5 Å². The second-order valence-corrected chi connectivity index (χ2v) is 10.2. The Hall–Kier alpha value is -4.36. The topological polar surface area (TPSA) is 120 Å². The number of amides is 2. The number of benzene rings is 3. The molecule has 0 aromatic heterocycles. The largest absolute Gasteiger partial charge is 0.364 e. The fraction of sp³-hybridized carbons (Fsp3) is 0.222. The molecule has 1 aliphatic heterocycles. The first-order chi connectivity index (χ1) is 17.9. The van der Waals surface area contributed by atoms with Crippen molar-refractivity contribution in [3.8, 4) is 11.8 Å². The minimum absolute atomic E-state index is 0.0376. The second kappa shape index (κ2) is 11.6. The van der Waals surface area contributed by atoms with Gasteiger partial charge in [-0.25, -0.2) is 0 Å². The van der Waals surface area contributed by atoms with E-state index < -0.39 is 15.9 Å². The molecule has 0 radical (unpaired) electrons. The van der Waals surface area contributed by atoms with Crippen LogP contribution in [0, 0.1) is 17.2 Å². The molecule has 1 heterocycles. The van der Waals surface area contributed by atoms with Gasteiger partial charge in [-0.3, -0.25) is 9.59 Å². The first-order valence-corrected chi connectivity index (χ1v) is 13.2. The average Bonchev–Trinajstić information content (AvgIpc) is 2.95. The lowest BCUT2D eigenvalue weighted by atomic mass is 9.99. The number of likely N-dealkylation sites (tertiary alicyclic amines) is 1. The van der Waals surface area contributed by atoms with Crippen molar-refractivity contribution in [1.82, 2.24) is 10.2 Å².